The van der Waals surface area contributed by atoms with Crippen LogP contribution in [0.4, 0.5) is 0 Å². The Morgan fingerprint density at radius 2 is 2.16 bits per heavy atom. The minimum absolute atomic E-state index is 0. The van der Waals surface area contributed by atoms with Crippen molar-refractivity contribution < 1.29 is 14.4 Å². The molecule has 1 N–H and O–H groups in total. The standard InChI is InChI=1S/C12H16N2O3.2ClH/c15-12(11-3-6-16-7-4-11)17-14-9-10-2-1-5-13-8-10;;/h1-2,5,8,11,14H,3-4,6-7,9H2;2*1H. The zero-order valence-corrected chi connectivity index (χ0v) is 12.0. The van der Waals surface area contributed by atoms with E-state index in [0.29, 0.717) is 19.8 Å². The lowest BCUT2D eigenvalue weighted by Gasteiger charge is -2.20. The first kappa shape index (κ1) is 18.1. The molecule has 19 heavy (non-hydrogen) atoms. The van der Waals surface area contributed by atoms with Crippen molar-refractivity contribution in [1.29, 1.82) is 0 Å². The van der Waals surface area contributed by atoms with Crippen molar-refractivity contribution >= 4 is 30.8 Å². The monoisotopic (exact) mass is 308 g/mol. The summed E-state index contributed by atoms with van der Waals surface area (Å²) in [6.45, 7) is 1.76. The van der Waals surface area contributed by atoms with Crippen LogP contribution in [0.2, 0.25) is 0 Å². The van der Waals surface area contributed by atoms with Crippen molar-refractivity contribution in [3.8, 4) is 0 Å². The van der Waals surface area contributed by atoms with Gasteiger partial charge in [0.2, 0.25) is 0 Å². The molecule has 2 rings (SSSR count). The second-order valence-electron chi connectivity index (χ2n) is 3.99. The molecule has 0 aromatic carbocycles. The van der Waals surface area contributed by atoms with Crippen molar-refractivity contribution in [2.75, 3.05) is 13.2 Å². The van der Waals surface area contributed by atoms with E-state index in [2.05, 4.69) is 10.5 Å². The van der Waals surface area contributed by atoms with Crippen LogP contribution in [-0.4, -0.2) is 24.2 Å². The molecule has 0 bridgehead atoms. The number of carbonyl (C=O) groups excluding carboxylic acids is 1. The molecule has 0 aliphatic carbocycles. The highest BCUT2D eigenvalue weighted by Gasteiger charge is 2.23. The van der Waals surface area contributed by atoms with Crippen molar-refractivity contribution in [1.82, 2.24) is 10.5 Å². The minimum atomic E-state index is -0.197. The molecule has 1 saturated heterocycles. The van der Waals surface area contributed by atoms with E-state index in [-0.39, 0.29) is 36.7 Å². The Balaban J connectivity index is 0.00000162. The summed E-state index contributed by atoms with van der Waals surface area (Å²) in [5.74, 6) is -0.234. The van der Waals surface area contributed by atoms with E-state index in [0.717, 1.165) is 18.4 Å². The molecule has 0 spiro atoms. The normalized spacial score (nSPS) is 14.9. The molecule has 1 aliphatic rings. The van der Waals surface area contributed by atoms with Crippen molar-refractivity contribution in [3.63, 3.8) is 0 Å². The number of nitrogens with one attached hydrogen (secondary N) is 1. The number of hydrogen-bond acceptors (Lipinski definition) is 5. The first-order valence-electron chi connectivity index (χ1n) is 5.76. The topological polar surface area (TPSA) is 60.5 Å². The summed E-state index contributed by atoms with van der Waals surface area (Å²) in [5.41, 5.74) is 3.65. The molecule has 7 heteroatoms. The fraction of sp³-hybridized carbons (Fsp3) is 0.500. The number of hydrogen-bond donors (Lipinski definition) is 1. The van der Waals surface area contributed by atoms with Gasteiger partial charge in [-0.2, -0.15) is 0 Å². The molecule has 0 radical (unpaired) electrons. The van der Waals surface area contributed by atoms with Gasteiger partial charge in [0, 0.05) is 25.6 Å². The highest BCUT2D eigenvalue weighted by atomic mass is 35.5. The van der Waals surface area contributed by atoms with E-state index in [4.69, 9.17) is 9.57 Å². The van der Waals surface area contributed by atoms with E-state index in [1.54, 1.807) is 12.4 Å². The Bertz CT molecular complexity index is 359. The molecule has 1 aliphatic heterocycles. The maximum Gasteiger partial charge on any atom is 0.327 e. The molecular formula is C12H18Cl2N2O3. The number of aromatic nitrogens is 1. The number of rotatable bonds is 4. The van der Waals surface area contributed by atoms with E-state index in [9.17, 15) is 4.79 Å². The van der Waals surface area contributed by atoms with Crippen molar-refractivity contribution in [3.05, 3.63) is 30.1 Å². The summed E-state index contributed by atoms with van der Waals surface area (Å²) in [6.07, 6.45) is 4.92. The lowest BCUT2D eigenvalue weighted by Crippen LogP contribution is -2.29. The maximum atomic E-state index is 11.6. The number of hydroxylamine groups is 1. The van der Waals surface area contributed by atoms with Crippen LogP contribution in [0.3, 0.4) is 0 Å². The van der Waals surface area contributed by atoms with Crippen molar-refractivity contribution in [2.24, 2.45) is 5.92 Å². The molecule has 108 valence electrons. The molecule has 1 fully saturated rings. The van der Waals surface area contributed by atoms with Gasteiger partial charge in [-0.05, 0) is 24.5 Å². The second kappa shape index (κ2) is 9.97. The van der Waals surface area contributed by atoms with Crippen LogP contribution >= 0.6 is 24.8 Å². The lowest BCUT2D eigenvalue weighted by molar-refractivity contribution is -0.159. The van der Waals surface area contributed by atoms with Crippen molar-refractivity contribution in [2.45, 2.75) is 19.4 Å². The highest BCUT2D eigenvalue weighted by molar-refractivity contribution is 5.85. The van der Waals surface area contributed by atoms with Crippen LogP contribution in [-0.2, 0) is 20.9 Å². The number of nitrogens with zero attached hydrogens (tertiary/aromatic N) is 1. The zero-order valence-electron chi connectivity index (χ0n) is 10.4. The van der Waals surface area contributed by atoms with Crippen LogP contribution in [0.25, 0.3) is 0 Å². The summed E-state index contributed by atoms with van der Waals surface area (Å²) in [4.78, 5) is 20.6. The Morgan fingerprint density at radius 3 is 2.79 bits per heavy atom. The minimum Gasteiger partial charge on any atom is -0.381 e. The Kier molecular flexibility index (Phi) is 9.51. The highest BCUT2D eigenvalue weighted by Crippen LogP contribution is 2.15. The third-order valence-electron chi connectivity index (χ3n) is 2.73. The molecule has 1 aromatic rings. The van der Waals surface area contributed by atoms with Gasteiger partial charge in [0.15, 0.2) is 0 Å². The smallest absolute Gasteiger partial charge is 0.327 e. The largest absolute Gasteiger partial charge is 0.381 e. The number of halogens is 2. The van der Waals surface area contributed by atoms with Gasteiger partial charge in [-0.1, -0.05) is 6.07 Å². The molecule has 5 nitrogen and oxygen atoms in total. The maximum absolute atomic E-state index is 11.6. The molecular weight excluding hydrogens is 291 g/mol. The predicted octanol–water partition coefficient (Wildman–Crippen LogP) is 1.90. The quantitative estimate of drug-likeness (QED) is 0.861. The van der Waals surface area contributed by atoms with Gasteiger partial charge < -0.3 is 9.57 Å². The third-order valence-corrected chi connectivity index (χ3v) is 2.73. The van der Waals surface area contributed by atoms with Crippen LogP contribution in [0.15, 0.2) is 24.5 Å². The van der Waals surface area contributed by atoms with Gasteiger partial charge in [-0.25, -0.2) is 0 Å². The first-order chi connectivity index (χ1) is 8.36. The average molecular weight is 309 g/mol. The molecule has 2 heterocycles. The Hall–Kier alpha value is -0.880. The predicted molar refractivity (Wildman–Crippen MR) is 75.2 cm³/mol. The fourth-order valence-corrected chi connectivity index (χ4v) is 1.71. The van der Waals surface area contributed by atoms with E-state index in [1.807, 2.05) is 12.1 Å². The average Bonchev–Trinajstić information content (AvgIpc) is 2.41. The van der Waals surface area contributed by atoms with Crippen LogP contribution in [0, 0.1) is 5.92 Å². The Morgan fingerprint density at radius 1 is 1.42 bits per heavy atom. The van der Waals surface area contributed by atoms with Gasteiger partial charge in [0.1, 0.15) is 0 Å². The molecule has 0 saturated carbocycles. The SMILES string of the molecule is Cl.Cl.O=C(ONCc1cccnc1)C1CCOCC1. The van der Waals surface area contributed by atoms with Gasteiger partial charge >= 0.3 is 5.97 Å². The molecule has 0 atom stereocenters. The Labute approximate surface area is 124 Å². The van der Waals surface area contributed by atoms with Gasteiger partial charge in [-0.3, -0.25) is 9.78 Å². The van der Waals surface area contributed by atoms with Crippen LogP contribution < -0.4 is 5.48 Å². The fourth-order valence-electron chi connectivity index (χ4n) is 1.71. The van der Waals surface area contributed by atoms with E-state index in [1.165, 1.54) is 0 Å². The summed E-state index contributed by atoms with van der Waals surface area (Å²) >= 11 is 0. The third kappa shape index (κ3) is 6.20. The summed E-state index contributed by atoms with van der Waals surface area (Å²) in [6, 6.07) is 3.76. The number of ether oxygens (including phenoxy) is 1. The van der Waals surface area contributed by atoms with Gasteiger partial charge in [0.05, 0.1) is 12.5 Å². The van der Waals surface area contributed by atoms with Crippen LogP contribution in [0.1, 0.15) is 18.4 Å². The first-order valence-corrected chi connectivity index (χ1v) is 5.76. The van der Waals surface area contributed by atoms with Gasteiger partial charge in [0.25, 0.3) is 0 Å². The second-order valence-corrected chi connectivity index (χ2v) is 3.99. The van der Waals surface area contributed by atoms with E-state index < -0.39 is 0 Å². The molecule has 1 aromatic heterocycles. The number of carbonyl (C=O) groups is 1. The summed E-state index contributed by atoms with van der Waals surface area (Å²) < 4.78 is 5.19. The molecule has 0 unspecified atom stereocenters. The lowest BCUT2D eigenvalue weighted by atomic mass is 10.0. The number of pyridine rings is 1. The van der Waals surface area contributed by atoms with Crippen LogP contribution in [0.5, 0.6) is 0 Å². The summed E-state index contributed by atoms with van der Waals surface area (Å²) in [7, 11) is 0. The molecule has 0 amide bonds. The summed E-state index contributed by atoms with van der Waals surface area (Å²) in [5, 5.41) is 0. The van der Waals surface area contributed by atoms with Gasteiger partial charge in [-0.15, -0.1) is 30.3 Å². The van der Waals surface area contributed by atoms with E-state index >= 15 is 0 Å². The zero-order chi connectivity index (χ0) is 11.9.